The van der Waals surface area contributed by atoms with Gasteiger partial charge >= 0.3 is 0 Å². The number of rotatable bonds is 5. The minimum Gasteiger partial charge on any atom is -0.305 e. The van der Waals surface area contributed by atoms with Crippen LogP contribution in [0.15, 0.2) is 24.7 Å². The van der Waals surface area contributed by atoms with Crippen molar-refractivity contribution in [2.75, 3.05) is 6.54 Å². The Morgan fingerprint density at radius 1 is 1.39 bits per heavy atom. The quantitative estimate of drug-likeness (QED) is 0.898. The second-order valence-electron chi connectivity index (χ2n) is 4.06. The Kier molecular flexibility index (Phi) is 4.28. The maximum Gasteiger partial charge on any atom is 0.0837 e. The number of aryl methyl sites for hydroxylation is 1. The molecule has 5 nitrogen and oxygen atoms in total. The first-order chi connectivity index (χ1) is 8.74. The van der Waals surface area contributed by atoms with Gasteiger partial charge in [-0.15, -0.1) is 0 Å². The van der Waals surface area contributed by atoms with Gasteiger partial charge in [-0.25, -0.2) is 0 Å². The molecule has 6 heteroatoms. The molecule has 0 aromatic carbocycles. The molecule has 0 aliphatic rings. The van der Waals surface area contributed by atoms with Gasteiger partial charge in [0.15, 0.2) is 0 Å². The standard InChI is InChI=1S/C12H16ClN5/c1-3-5-14-11(9-4-6-15-16-7-9)12-10(13)8-17-18(12)2/h4,6-8,11,14H,3,5H2,1-2H3. The largest absolute Gasteiger partial charge is 0.305 e. The molecule has 2 rings (SSSR count). The lowest BCUT2D eigenvalue weighted by Gasteiger charge is -2.19. The number of nitrogens with one attached hydrogen (secondary N) is 1. The molecule has 0 aliphatic carbocycles. The zero-order chi connectivity index (χ0) is 13.0. The highest BCUT2D eigenvalue weighted by Gasteiger charge is 2.20. The fraction of sp³-hybridized carbons (Fsp3) is 0.417. The normalized spacial score (nSPS) is 12.6. The Morgan fingerprint density at radius 2 is 2.22 bits per heavy atom. The first kappa shape index (κ1) is 13.0. The van der Waals surface area contributed by atoms with Crippen molar-refractivity contribution >= 4 is 11.6 Å². The molecule has 1 atom stereocenters. The maximum atomic E-state index is 6.21. The van der Waals surface area contributed by atoms with Gasteiger partial charge < -0.3 is 5.32 Å². The maximum absolute atomic E-state index is 6.21. The van der Waals surface area contributed by atoms with Crippen molar-refractivity contribution in [3.05, 3.63) is 40.9 Å². The van der Waals surface area contributed by atoms with Crippen molar-refractivity contribution in [3.63, 3.8) is 0 Å². The minimum atomic E-state index is -0.0135. The van der Waals surface area contributed by atoms with E-state index in [-0.39, 0.29) is 6.04 Å². The highest BCUT2D eigenvalue weighted by Crippen LogP contribution is 2.27. The van der Waals surface area contributed by atoms with Gasteiger partial charge in [-0.2, -0.15) is 15.3 Å². The molecule has 0 amide bonds. The molecule has 0 saturated heterocycles. The molecule has 0 radical (unpaired) electrons. The molecule has 2 heterocycles. The van der Waals surface area contributed by atoms with Crippen LogP contribution in [-0.4, -0.2) is 26.5 Å². The Morgan fingerprint density at radius 3 is 2.78 bits per heavy atom. The van der Waals surface area contributed by atoms with E-state index in [1.807, 2.05) is 13.1 Å². The second kappa shape index (κ2) is 5.93. The van der Waals surface area contributed by atoms with E-state index in [4.69, 9.17) is 11.6 Å². The monoisotopic (exact) mass is 265 g/mol. The van der Waals surface area contributed by atoms with Crippen molar-refractivity contribution in [2.24, 2.45) is 7.05 Å². The van der Waals surface area contributed by atoms with Crippen LogP contribution in [0.5, 0.6) is 0 Å². The Bertz CT molecular complexity index is 477. The van der Waals surface area contributed by atoms with Crippen LogP contribution in [-0.2, 0) is 7.05 Å². The molecular weight excluding hydrogens is 250 g/mol. The molecule has 1 N–H and O–H groups in total. The van der Waals surface area contributed by atoms with E-state index in [1.165, 1.54) is 0 Å². The van der Waals surface area contributed by atoms with Crippen molar-refractivity contribution < 1.29 is 0 Å². The third-order valence-corrected chi connectivity index (χ3v) is 3.04. The zero-order valence-electron chi connectivity index (χ0n) is 10.5. The van der Waals surface area contributed by atoms with E-state index in [0.29, 0.717) is 5.02 Å². The van der Waals surface area contributed by atoms with Crippen LogP contribution in [0.3, 0.4) is 0 Å². The minimum absolute atomic E-state index is 0.0135. The lowest BCUT2D eigenvalue weighted by atomic mass is 10.1. The van der Waals surface area contributed by atoms with Gasteiger partial charge in [-0.3, -0.25) is 4.68 Å². The lowest BCUT2D eigenvalue weighted by molar-refractivity contribution is 0.551. The van der Waals surface area contributed by atoms with E-state index in [2.05, 4.69) is 27.5 Å². The van der Waals surface area contributed by atoms with Gasteiger partial charge in [0.2, 0.25) is 0 Å². The first-order valence-electron chi connectivity index (χ1n) is 5.91. The zero-order valence-corrected chi connectivity index (χ0v) is 11.2. The molecule has 0 aliphatic heterocycles. The van der Waals surface area contributed by atoms with Crippen LogP contribution in [0.4, 0.5) is 0 Å². The van der Waals surface area contributed by atoms with Crippen molar-refractivity contribution in [3.8, 4) is 0 Å². The van der Waals surface area contributed by atoms with Gasteiger partial charge in [0.1, 0.15) is 0 Å². The molecule has 96 valence electrons. The molecule has 0 saturated carbocycles. The van der Waals surface area contributed by atoms with Gasteiger partial charge in [0.25, 0.3) is 0 Å². The van der Waals surface area contributed by atoms with E-state index in [1.54, 1.807) is 23.3 Å². The molecule has 18 heavy (non-hydrogen) atoms. The van der Waals surface area contributed by atoms with Crippen LogP contribution in [0.25, 0.3) is 0 Å². The molecule has 0 fully saturated rings. The molecule has 2 aromatic heterocycles. The average molecular weight is 266 g/mol. The molecular formula is C12H16ClN5. The van der Waals surface area contributed by atoms with Gasteiger partial charge in [-0.05, 0) is 24.6 Å². The molecule has 2 aromatic rings. The predicted molar refractivity (Wildman–Crippen MR) is 70.4 cm³/mol. The Hall–Kier alpha value is -1.46. The molecule has 0 spiro atoms. The summed E-state index contributed by atoms with van der Waals surface area (Å²) in [5, 5.41) is 16.0. The summed E-state index contributed by atoms with van der Waals surface area (Å²) in [6.07, 6.45) is 6.13. The molecule has 1 unspecified atom stereocenters. The Labute approximate surface area is 111 Å². The summed E-state index contributed by atoms with van der Waals surface area (Å²) in [5.41, 5.74) is 1.97. The SMILES string of the molecule is CCCNC(c1ccnnc1)c1c(Cl)cnn1C. The van der Waals surface area contributed by atoms with E-state index >= 15 is 0 Å². The summed E-state index contributed by atoms with van der Waals surface area (Å²) < 4.78 is 1.79. The van der Waals surface area contributed by atoms with E-state index < -0.39 is 0 Å². The topological polar surface area (TPSA) is 55.6 Å². The summed E-state index contributed by atoms with van der Waals surface area (Å²) in [5.74, 6) is 0. The second-order valence-corrected chi connectivity index (χ2v) is 4.47. The highest BCUT2D eigenvalue weighted by molar-refractivity contribution is 6.31. The number of halogens is 1. The third-order valence-electron chi connectivity index (χ3n) is 2.75. The number of hydrogen-bond acceptors (Lipinski definition) is 4. The fourth-order valence-corrected chi connectivity index (χ4v) is 2.15. The summed E-state index contributed by atoms with van der Waals surface area (Å²) >= 11 is 6.21. The summed E-state index contributed by atoms with van der Waals surface area (Å²) in [7, 11) is 1.89. The number of nitrogens with zero attached hydrogens (tertiary/aromatic N) is 4. The number of hydrogen-bond donors (Lipinski definition) is 1. The van der Waals surface area contributed by atoms with E-state index in [9.17, 15) is 0 Å². The lowest BCUT2D eigenvalue weighted by Crippen LogP contribution is -2.25. The highest BCUT2D eigenvalue weighted by atomic mass is 35.5. The Balaban J connectivity index is 2.37. The van der Waals surface area contributed by atoms with Crippen LogP contribution < -0.4 is 5.32 Å². The molecule has 0 bridgehead atoms. The third kappa shape index (κ3) is 2.68. The summed E-state index contributed by atoms with van der Waals surface area (Å²) in [6.45, 7) is 3.02. The summed E-state index contributed by atoms with van der Waals surface area (Å²) in [6, 6.07) is 1.92. The van der Waals surface area contributed by atoms with Gasteiger partial charge in [0.05, 0.1) is 29.2 Å². The smallest absolute Gasteiger partial charge is 0.0837 e. The van der Waals surface area contributed by atoms with Gasteiger partial charge in [-0.1, -0.05) is 18.5 Å². The van der Waals surface area contributed by atoms with Crippen LogP contribution in [0.2, 0.25) is 5.02 Å². The van der Waals surface area contributed by atoms with Crippen LogP contribution >= 0.6 is 11.6 Å². The van der Waals surface area contributed by atoms with E-state index in [0.717, 1.165) is 24.2 Å². The summed E-state index contributed by atoms with van der Waals surface area (Å²) in [4.78, 5) is 0. The van der Waals surface area contributed by atoms with Gasteiger partial charge in [0, 0.05) is 13.2 Å². The predicted octanol–water partition coefficient (Wildman–Crippen LogP) is 1.95. The fourth-order valence-electron chi connectivity index (χ4n) is 1.88. The van der Waals surface area contributed by atoms with Crippen molar-refractivity contribution in [2.45, 2.75) is 19.4 Å². The van der Waals surface area contributed by atoms with Crippen molar-refractivity contribution in [1.82, 2.24) is 25.3 Å². The van der Waals surface area contributed by atoms with Crippen LogP contribution in [0.1, 0.15) is 30.6 Å². The van der Waals surface area contributed by atoms with Crippen molar-refractivity contribution in [1.29, 1.82) is 0 Å². The number of aromatic nitrogens is 4. The first-order valence-corrected chi connectivity index (χ1v) is 6.29. The van der Waals surface area contributed by atoms with Crippen LogP contribution in [0, 0.1) is 0 Å². The average Bonchev–Trinajstić information content (AvgIpc) is 2.72.